The minimum Gasteiger partial charge on any atom is -0.486 e. The van der Waals surface area contributed by atoms with Crippen molar-refractivity contribution in [1.82, 2.24) is 0 Å². The molecular weight excluding hydrogens is 364 g/mol. The second kappa shape index (κ2) is 7.30. The van der Waals surface area contributed by atoms with E-state index in [1.54, 1.807) is 24.3 Å². The summed E-state index contributed by atoms with van der Waals surface area (Å²) in [4.78, 5) is 37.1. The van der Waals surface area contributed by atoms with E-state index < -0.39 is 4.92 Å². The van der Waals surface area contributed by atoms with E-state index >= 15 is 0 Å². The summed E-state index contributed by atoms with van der Waals surface area (Å²) >= 11 is 0. The highest BCUT2D eigenvalue weighted by atomic mass is 16.6. The van der Waals surface area contributed by atoms with Crippen LogP contribution in [0.3, 0.4) is 0 Å². The lowest BCUT2D eigenvalue weighted by Crippen LogP contribution is -2.29. The Morgan fingerprint density at radius 3 is 2.61 bits per heavy atom. The van der Waals surface area contributed by atoms with Crippen LogP contribution in [-0.2, 0) is 11.2 Å². The Hall–Kier alpha value is -3.42. The van der Waals surface area contributed by atoms with Crippen LogP contribution in [0.5, 0.6) is 11.5 Å². The van der Waals surface area contributed by atoms with Crippen molar-refractivity contribution in [2.45, 2.75) is 19.3 Å². The van der Waals surface area contributed by atoms with Crippen LogP contribution in [0.25, 0.3) is 0 Å². The highest BCUT2D eigenvalue weighted by Crippen LogP contribution is 2.33. The summed E-state index contributed by atoms with van der Waals surface area (Å²) in [5.41, 5.74) is 1.88. The third-order valence-corrected chi connectivity index (χ3v) is 4.91. The summed E-state index contributed by atoms with van der Waals surface area (Å²) in [6.45, 7) is 1.38. The number of hydrogen-bond acceptors (Lipinski definition) is 6. The van der Waals surface area contributed by atoms with Crippen molar-refractivity contribution in [2.24, 2.45) is 0 Å². The van der Waals surface area contributed by atoms with Crippen molar-refractivity contribution in [3.63, 3.8) is 0 Å². The van der Waals surface area contributed by atoms with Gasteiger partial charge in [-0.1, -0.05) is 6.07 Å². The number of amides is 1. The fourth-order valence-corrected chi connectivity index (χ4v) is 3.46. The predicted molar refractivity (Wildman–Crippen MR) is 100 cm³/mol. The average molecular weight is 382 g/mol. The molecule has 0 atom stereocenters. The summed E-state index contributed by atoms with van der Waals surface area (Å²) in [5, 5.41) is 11.0. The smallest absolute Gasteiger partial charge is 0.271 e. The first-order valence-corrected chi connectivity index (χ1v) is 9.03. The summed E-state index contributed by atoms with van der Waals surface area (Å²) in [7, 11) is 0. The molecule has 0 spiro atoms. The maximum absolute atomic E-state index is 12.6. The number of nitro benzene ring substituents is 1. The second-order valence-corrected chi connectivity index (χ2v) is 6.65. The largest absolute Gasteiger partial charge is 0.486 e. The molecule has 2 aromatic carbocycles. The zero-order valence-electron chi connectivity index (χ0n) is 15.1. The number of hydrogen-bond donors (Lipinski definition) is 0. The zero-order chi connectivity index (χ0) is 19.7. The van der Waals surface area contributed by atoms with Crippen LogP contribution in [-0.4, -0.2) is 36.4 Å². The van der Waals surface area contributed by atoms with Gasteiger partial charge in [0.1, 0.15) is 13.2 Å². The third kappa shape index (κ3) is 3.40. The van der Waals surface area contributed by atoms with Gasteiger partial charge in [-0.05, 0) is 30.2 Å². The van der Waals surface area contributed by atoms with E-state index in [1.165, 1.54) is 17.0 Å². The second-order valence-electron chi connectivity index (χ2n) is 6.65. The van der Waals surface area contributed by atoms with E-state index in [9.17, 15) is 19.7 Å². The van der Waals surface area contributed by atoms with Crippen molar-refractivity contribution >= 4 is 23.1 Å². The Labute approximate surface area is 160 Å². The Kier molecular flexibility index (Phi) is 4.68. The topological polar surface area (TPSA) is 99.0 Å². The minimum atomic E-state index is -0.480. The SMILES string of the molecule is O=C(CCC(=O)N1CCc2ccc([N+](=O)[O-])cc21)c1ccc2c(c1)OCCO2. The number of ether oxygens (including phenoxy) is 2. The molecular formula is C20H18N2O6. The van der Waals surface area contributed by atoms with E-state index in [4.69, 9.17) is 9.47 Å². The lowest BCUT2D eigenvalue weighted by molar-refractivity contribution is -0.384. The van der Waals surface area contributed by atoms with E-state index in [-0.39, 0.29) is 30.2 Å². The molecule has 0 radical (unpaired) electrons. The zero-order valence-corrected chi connectivity index (χ0v) is 15.1. The van der Waals surface area contributed by atoms with Crippen LogP contribution in [0.15, 0.2) is 36.4 Å². The molecule has 0 saturated heterocycles. The molecule has 144 valence electrons. The molecule has 4 rings (SSSR count). The van der Waals surface area contributed by atoms with Gasteiger partial charge < -0.3 is 14.4 Å². The molecule has 0 bridgehead atoms. The number of ketones is 1. The molecule has 0 saturated carbocycles. The minimum absolute atomic E-state index is 0.0371. The van der Waals surface area contributed by atoms with Crippen molar-refractivity contribution in [2.75, 3.05) is 24.7 Å². The highest BCUT2D eigenvalue weighted by Gasteiger charge is 2.27. The molecule has 8 nitrogen and oxygen atoms in total. The van der Waals surface area contributed by atoms with Gasteiger partial charge in [0.05, 0.1) is 10.6 Å². The number of fused-ring (bicyclic) bond motifs is 2. The van der Waals surface area contributed by atoms with Crippen molar-refractivity contribution in [1.29, 1.82) is 0 Å². The predicted octanol–water partition coefficient (Wildman–Crippen LogP) is 2.92. The molecule has 8 heteroatoms. The standard InChI is InChI=1S/C20H18N2O6/c23-17(14-2-5-18-19(11-14)28-10-9-27-18)4-6-20(24)21-8-7-13-1-3-15(22(25)26)12-16(13)21/h1-3,5,11-12H,4,6-10H2. The average Bonchev–Trinajstić information content (AvgIpc) is 3.14. The number of non-ortho nitro benzene ring substituents is 1. The van der Waals surface area contributed by atoms with Gasteiger partial charge in [0.25, 0.3) is 5.69 Å². The molecule has 2 aliphatic rings. The van der Waals surface area contributed by atoms with Crippen LogP contribution in [0, 0.1) is 10.1 Å². The normalized spacial score (nSPS) is 14.5. The van der Waals surface area contributed by atoms with Gasteiger partial charge >= 0.3 is 0 Å². The first-order valence-electron chi connectivity index (χ1n) is 9.03. The first kappa shape index (κ1) is 18.0. The van der Waals surface area contributed by atoms with Crippen LogP contribution < -0.4 is 14.4 Å². The number of carbonyl (C=O) groups excluding carboxylic acids is 2. The Morgan fingerprint density at radius 2 is 1.82 bits per heavy atom. The van der Waals surface area contributed by atoms with Gasteiger partial charge in [-0.15, -0.1) is 0 Å². The number of Topliss-reactive ketones (excluding diaryl/α,β-unsaturated/α-hetero) is 1. The number of nitro groups is 1. The van der Waals surface area contributed by atoms with Crippen molar-refractivity contribution in [3.05, 3.63) is 57.6 Å². The summed E-state index contributed by atoms with van der Waals surface area (Å²) in [5.74, 6) is 0.757. The quantitative estimate of drug-likeness (QED) is 0.448. The van der Waals surface area contributed by atoms with E-state index in [0.717, 1.165) is 5.56 Å². The molecule has 0 unspecified atom stereocenters. The van der Waals surface area contributed by atoms with Crippen LogP contribution in [0.1, 0.15) is 28.8 Å². The highest BCUT2D eigenvalue weighted by molar-refractivity contribution is 6.02. The number of benzene rings is 2. The molecule has 0 aromatic heterocycles. The Bertz CT molecular complexity index is 971. The molecule has 0 fully saturated rings. The summed E-state index contributed by atoms with van der Waals surface area (Å²) < 4.78 is 10.9. The van der Waals surface area contributed by atoms with E-state index in [0.29, 0.717) is 48.9 Å². The Balaban J connectivity index is 1.42. The van der Waals surface area contributed by atoms with Crippen molar-refractivity contribution < 1.29 is 24.0 Å². The third-order valence-electron chi connectivity index (χ3n) is 4.91. The molecule has 2 aromatic rings. The van der Waals surface area contributed by atoms with Crippen LogP contribution in [0.4, 0.5) is 11.4 Å². The molecule has 28 heavy (non-hydrogen) atoms. The summed E-state index contributed by atoms with van der Waals surface area (Å²) in [6.07, 6.45) is 0.740. The fourth-order valence-electron chi connectivity index (χ4n) is 3.46. The van der Waals surface area contributed by atoms with Gasteiger partial charge in [0, 0.05) is 37.1 Å². The molecule has 2 heterocycles. The van der Waals surface area contributed by atoms with Gasteiger partial charge in [-0.2, -0.15) is 0 Å². The molecule has 0 N–H and O–H groups in total. The fraction of sp³-hybridized carbons (Fsp3) is 0.300. The Morgan fingerprint density at radius 1 is 1.04 bits per heavy atom. The molecule has 0 aliphatic carbocycles. The van der Waals surface area contributed by atoms with E-state index in [1.807, 2.05) is 0 Å². The van der Waals surface area contributed by atoms with Gasteiger partial charge in [-0.25, -0.2) is 0 Å². The number of carbonyl (C=O) groups is 2. The van der Waals surface area contributed by atoms with Crippen molar-refractivity contribution in [3.8, 4) is 11.5 Å². The van der Waals surface area contributed by atoms with Gasteiger partial charge in [-0.3, -0.25) is 19.7 Å². The number of nitrogens with zero attached hydrogens (tertiary/aromatic N) is 2. The lowest BCUT2D eigenvalue weighted by atomic mass is 10.1. The monoisotopic (exact) mass is 382 g/mol. The van der Waals surface area contributed by atoms with E-state index in [2.05, 4.69) is 0 Å². The summed E-state index contributed by atoms with van der Waals surface area (Å²) in [6, 6.07) is 9.53. The van der Waals surface area contributed by atoms with Gasteiger partial charge in [0.2, 0.25) is 5.91 Å². The maximum Gasteiger partial charge on any atom is 0.271 e. The van der Waals surface area contributed by atoms with Crippen LogP contribution in [0.2, 0.25) is 0 Å². The first-order chi connectivity index (χ1) is 13.5. The van der Waals surface area contributed by atoms with Gasteiger partial charge in [0.15, 0.2) is 17.3 Å². The number of rotatable bonds is 5. The molecule has 1 amide bonds. The molecule has 2 aliphatic heterocycles. The number of anilines is 1. The lowest BCUT2D eigenvalue weighted by Gasteiger charge is -2.19. The maximum atomic E-state index is 12.6. The van der Waals surface area contributed by atoms with Crippen LogP contribution >= 0.6 is 0 Å².